The number of hydrogen-bond acceptors (Lipinski definition) is 16. The van der Waals surface area contributed by atoms with E-state index in [0.717, 1.165) is 44.9 Å². The number of fused-ring (bicyclic) bond motifs is 2. The van der Waals surface area contributed by atoms with Crippen LogP contribution in [-0.4, -0.2) is 169 Å². The van der Waals surface area contributed by atoms with E-state index in [1.807, 2.05) is 34.1 Å². The molecule has 440 valence electrons. The van der Waals surface area contributed by atoms with Gasteiger partial charge in [0.05, 0.1) is 43.5 Å². The molecule has 0 bridgehead atoms. The molecular formula is C61H72ClFN10O9S. The summed E-state index contributed by atoms with van der Waals surface area (Å²) >= 11 is 8.26. The van der Waals surface area contributed by atoms with Gasteiger partial charge < -0.3 is 54.9 Å². The Labute approximate surface area is 491 Å². The topological polar surface area (TPSA) is 221 Å². The van der Waals surface area contributed by atoms with E-state index in [0.29, 0.717) is 95.4 Å². The Morgan fingerprint density at radius 3 is 2.42 bits per heavy atom. The van der Waals surface area contributed by atoms with Crippen LogP contribution >= 0.6 is 22.9 Å². The zero-order chi connectivity index (χ0) is 58.6. The van der Waals surface area contributed by atoms with Gasteiger partial charge in [-0.25, -0.2) is 14.4 Å². The number of ketones is 1. The summed E-state index contributed by atoms with van der Waals surface area (Å²) in [4.78, 5) is 87.8. The maximum atomic E-state index is 17.0. The molecule has 3 atom stereocenters. The van der Waals surface area contributed by atoms with Gasteiger partial charge in [0.2, 0.25) is 35.4 Å². The molecule has 22 heteroatoms. The van der Waals surface area contributed by atoms with Gasteiger partial charge in [0.15, 0.2) is 5.82 Å². The van der Waals surface area contributed by atoms with Gasteiger partial charge in [0.1, 0.15) is 46.2 Å². The molecular weight excluding hydrogens is 1100 g/mol. The molecule has 2 aliphatic heterocycles. The monoisotopic (exact) mass is 1170 g/mol. The van der Waals surface area contributed by atoms with E-state index in [9.17, 15) is 29.1 Å². The first-order valence-corrected chi connectivity index (χ1v) is 29.7. The number of hydrogen-bond donors (Lipinski definition) is 4. The predicted octanol–water partition coefficient (Wildman–Crippen LogP) is 8.18. The van der Waals surface area contributed by atoms with Gasteiger partial charge in [0, 0.05) is 81.2 Å². The van der Waals surface area contributed by atoms with Gasteiger partial charge in [-0.15, -0.1) is 11.3 Å². The van der Waals surface area contributed by atoms with Crippen molar-refractivity contribution in [1.82, 2.24) is 40.3 Å². The Bertz CT molecular complexity index is 3320. The third-order valence-electron chi connectivity index (χ3n) is 15.7. The predicted molar refractivity (Wildman–Crippen MR) is 319 cm³/mol. The van der Waals surface area contributed by atoms with E-state index in [1.54, 1.807) is 72.6 Å². The first-order valence-electron chi connectivity index (χ1n) is 28.5. The Hall–Kier alpha value is -7.30. The number of halogens is 2. The number of carbonyl (C=O) groups is 5. The van der Waals surface area contributed by atoms with E-state index in [1.165, 1.54) is 23.5 Å². The molecule has 0 radical (unpaired) electrons. The normalized spacial score (nSPS) is 16.4. The molecule has 2 saturated heterocycles. The van der Waals surface area contributed by atoms with Crippen LogP contribution in [0.3, 0.4) is 0 Å². The average molecular weight is 1180 g/mol. The number of piperazine rings is 1. The number of aromatic nitrogens is 3. The number of phenolic OH excluding ortho intramolecular Hbond substituents is 1. The highest BCUT2D eigenvalue weighted by Crippen LogP contribution is 2.43. The zero-order valence-corrected chi connectivity index (χ0v) is 48.7. The molecule has 4 N–H and O–H groups in total. The van der Waals surface area contributed by atoms with Crippen LogP contribution in [0.2, 0.25) is 5.02 Å². The fraction of sp³-hybridized carbons (Fsp3) is 0.443. The number of benzene rings is 4. The molecule has 6 aromatic rings. The highest BCUT2D eigenvalue weighted by molar-refractivity contribution is 7.10. The third-order valence-corrected chi connectivity index (χ3v) is 17.0. The van der Waals surface area contributed by atoms with E-state index < -0.39 is 17.9 Å². The molecule has 4 heterocycles. The van der Waals surface area contributed by atoms with E-state index in [2.05, 4.69) is 27.5 Å². The molecule has 3 aliphatic rings. The number of rotatable bonds is 25. The van der Waals surface area contributed by atoms with Gasteiger partial charge in [0.25, 0.3) is 0 Å². The Balaban J connectivity index is 0.716. The summed E-state index contributed by atoms with van der Waals surface area (Å²) in [6.45, 7) is 9.37. The SMILES string of the molecule is C=CC(=O)N1CCN(c2nc(NCCC(=O)N(C)CCOCCOCCOc3cccc(C(=O)c4csc(C5CCCN5C(=O)[C@@H](NC(=O)[C@H](C)NC)C5CCCCC5)n4)c3)nc3c(F)c(-c4cc(O)cc5ccccc45)c(Cl)cc23)CC1. The molecule has 19 nitrogen and oxygen atoms in total. The highest BCUT2D eigenvalue weighted by Gasteiger charge is 2.40. The number of ether oxygens (including phenoxy) is 3. The second-order valence-corrected chi connectivity index (χ2v) is 22.4. The van der Waals surface area contributed by atoms with Crippen molar-refractivity contribution in [1.29, 1.82) is 0 Å². The van der Waals surface area contributed by atoms with Crippen molar-refractivity contribution in [3.63, 3.8) is 0 Å². The second-order valence-electron chi connectivity index (χ2n) is 21.1. The van der Waals surface area contributed by atoms with Crippen molar-refractivity contribution in [2.45, 2.75) is 76.4 Å². The minimum atomic E-state index is -0.698. The lowest BCUT2D eigenvalue weighted by atomic mass is 9.83. The number of nitrogens with one attached hydrogen (secondary N) is 3. The average Bonchev–Trinajstić information content (AvgIpc) is 3.21. The number of nitrogens with zero attached hydrogens (tertiary/aromatic N) is 7. The van der Waals surface area contributed by atoms with E-state index >= 15 is 4.39 Å². The summed E-state index contributed by atoms with van der Waals surface area (Å²) in [6, 6.07) is 17.6. The lowest BCUT2D eigenvalue weighted by Crippen LogP contribution is -2.55. The molecule has 4 amide bonds. The van der Waals surface area contributed by atoms with Crippen molar-refractivity contribution < 1.29 is 47.7 Å². The summed E-state index contributed by atoms with van der Waals surface area (Å²) in [5.41, 5.74) is 1.20. The Morgan fingerprint density at radius 2 is 1.65 bits per heavy atom. The first-order chi connectivity index (χ1) is 40.2. The molecule has 2 aromatic heterocycles. The van der Waals surface area contributed by atoms with Crippen LogP contribution in [-0.2, 0) is 28.7 Å². The number of carbonyl (C=O) groups excluding carboxylic acids is 5. The van der Waals surface area contributed by atoms with Crippen LogP contribution in [0.15, 0.2) is 84.8 Å². The lowest BCUT2D eigenvalue weighted by Gasteiger charge is -2.35. The fourth-order valence-electron chi connectivity index (χ4n) is 11.0. The number of amides is 4. The molecule has 1 saturated carbocycles. The summed E-state index contributed by atoms with van der Waals surface area (Å²) in [7, 11) is 3.41. The van der Waals surface area contributed by atoms with Gasteiger partial charge in [-0.2, -0.15) is 4.98 Å². The highest BCUT2D eigenvalue weighted by atomic mass is 35.5. The van der Waals surface area contributed by atoms with Crippen LogP contribution in [0, 0.1) is 11.7 Å². The fourth-order valence-corrected chi connectivity index (χ4v) is 12.2. The summed E-state index contributed by atoms with van der Waals surface area (Å²) in [5, 5.41) is 24.1. The lowest BCUT2D eigenvalue weighted by molar-refractivity contribution is -0.139. The second kappa shape index (κ2) is 28.3. The van der Waals surface area contributed by atoms with Gasteiger partial charge in [-0.05, 0) is 98.3 Å². The maximum absolute atomic E-state index is 17.0. The van der Waals surface area contributed by atoms with Crippen LogP contribution in [0.4, 0.5) is 16.2 Å². The van der Waals surface area contributed by atoms with Crippen LogP contribution in [0.5, 0.6) is 11.5 Å². The van der Waals surface area contributed by atoms with Crippen molar-refractivity contribution >= 4 is 85.8 Å². The maximum Gasteiger partial charge on any atom is 0.246 e. The number of likely N-dealkylation sites (N-methyl/N-ethyl adjacent to an activating group) is 2. The molecule has 83 heavy (non-hydrogen) atoms. The number of phenols is 1. The van der Waals surface area contributed by atoms with Gasteiger partial charge in [-0.1, -0.05) is 73.8 Å². The third kappa shape index (κ3) is 14.6. The van der Waals surface area contributed by atoms with E-state index in [4.69, 9.17) is 35.8 Å². The van der Waals surface area contributed by atoms with Crippen molar-refractivity contribution in [2.75, 3.05) is 103 Å². The van der Waals surface area contributed by atoms with Crippen LogP contribution < -0.4 is 25.6 Å². The summed E-state index contributed by atoms with van der Waals surface area (Å²) in [6.07, 6.45) is 7.88. The molecule has 9 rings (SSSR count). The zero-order valence-electron chi connectivity index (χ0n) is 47.2. The summed E-state index contributed by atoms with van der Waals surface area (Å²) < 4.78 is 34.4. The first kappa shape index (κ1) is 60.3. The smallest absolute Gasteiger partial charge is 0.246 e. The molecule has 3 fully saturated rings. The number of aromatic hydroxyl groups is 1. The minimum absolute atomic E-state index is 0.000423. The van der Waals surface area contributed by atoms with Crippen LogP contribution in [0.25, 0.3) is 32.8 Å². The summed E-state index contributed by atoms with van der Waals surface area (Å²) in [5.74, 6) is -0.520. The van der Waals surface area contributed by atoms with Crippen molar-refractivity contribution in [3.8, 4) is 22.6 Å². The van der Waals surface area contributed by atoms with Gasteiger partial charge >= 0.3 is 0 Å². The molecule has 1 aliphatic carbocycles. The minimum Gasteiger partial charge on any atom is -0.508 e. The number of anilines is 2. The molecule has 4 aromatic carbocycles. The molecule has 0 spiro atoms. The van der Waals surface area contributed by atoms with Crippen LogP contribution in [0.1, 0.15) is 85.4 Å². The number of likely N-dealkylation sites (tertiary alicyclic amines) is 1. The van der Waals surface area contributed by atoms with E-state index in [-0.39, 0.29) is 109 Å². The van der Waals surface area contributed by atoms with Crippen molar-refractivity contribution in [2.24, 2.45) is 5.92 Å². The quantitative estimate of drug-likeness (QED) is 0.0241. The Kier molecular flexibility index (Phi) is 20.6. The van der Waals surface area contributed by atoms with Gasteiger partial charge in [-0.3, -0.25) is 24.0 Å². The van der Waals surface area contributed by atoms with Crippen molar-refractivity contribution in [3.05, 3.63) is 112 Å². The molecule has 1 unspecified atom stereocenters. The number of thiazole rings is 1. The Morgan fingerprint density at radius 1 is 0.892 bits per heavy atom. The largest absolute Gasteiger partial charge is 0.508 e. The standard InChI is InChI=1S/C61H72ClFN10O9S/c1-5-50(75)71-23-25-72(26-24-71)57-46-36-47(62)52(45-35-42(74)33-40-15-9-10-18-44(40)45)53(63)55(46)68-61(69-57)65-21-20-51(76)70(4)27-28-80-29-30-81-31-32-82-43-17-11-16-41(34-43)56(77)48-37-83-59(66-48)49-19-12-22-73(49)60(79)54(39-13-7-6-8-14-39)67-58(78)38(2)64-3/h5,9-11,15-18,33-39,49,54,64,74H,1,6-8,12-14,19-32H2,2-4H3,(H,67,78)(H,65,68,69)/t38-,49?,54-/m0/s1.